The Bertz CT molecular complexity index is 539. The molecule has 0 bridgehead atoms. The first-order valence-corrected chi connectivity index (χ1v) is 6.52. The Kier molecular flexibility index (Phi) is 2.68. The van der Waals surface area contributed by atoms with Crippen LogP contribution in [0.1, 0.15) is 16.1 Å². The van der Waals surface area contributed by atoms with Gasteiger partial charge in [0.1, 0.15) is 10.8 Å². The second kappa shape index (κ2) is 4.20. The van der Waals surface area contributed by atoms with Crippen molar-refractivity contribution in [3.05, 3.63) is 40.2 Å². The normalized spacial score (nSPS) is 14.7. The molecule has 0 amide bonds. The van der Waals surface area contributed by atoms with Crippen molar-refractivity contribution in [2.24, 2.45) is 0 Å². The van der Waals surface area contributed by atoms with Gasteiger partial charge in [0, 0.05) is 30.0 Å². The van der Waals surface area contributed by atoms with Crippen LogP contribution in [0.2, 0.25) is 0 Å². The van der Waals surface area contributed by atoms with Crippen molar-refractivity contribution >= 4 is 11.3 Å². The van der Waals surface area contributed by atoms with Crippen LogP contribution in [0.15, 0.2) is 18.2 Å². The van der Waals surface area contributed by atoms with Gasteiger partial charge < -0.3 is 5.32 Å². The van der Waals surface area contributed by atoms with E-state index in [9.17, 15) is 4.39 Å². The van der Waals surface area contributed by atoms with Gasteiger partial charge in [-0.25, -0.2) is 9.37 Å². The highest BCUT2D eigenvalue weighted by molar-refractivity contribution is 7.15. The number of aromatic nitrogens is 1. The van der Waals surface area contributed by atoms with E-state index in [2.05, 4.69) is 10.3 Å². The monoisotopic (exact) mass is 248 g/mol. The van der Waals surface area contributed by atoms with Gasteiger partial charge in [-0.3, -0.25) is 0 Å². The van der Waals surface area contributed by atoms with Gasteiger partial charge in [-0.2, -0.15) is 0 Å². The Hall–Kier alpha value is -1.26. The fraction of sp³-hybridized carbons (Fsp3) is 0.308. The third-order valence-corrected chi connectivity index (χ3v) is 4.16. The van der Waals surface area contributed by atoms with Crippen molar-refractivity contribution in [1.82, 2.24) is 10.3 Å². The average Bonchev–Trinajstić information content (AvgIpc) is 2.76. The third kappa shape index (κ3) is 1.87. The highest BCUT2D eigenvalue weighted by Crippen LogP contribution is 2.32. The SMILES string of the molecule is Cc1cccc(-c2nc3c(s2)CNCC3)c1F. The third-order valence-electron chi connectivity index (χ3n) is 3.02. The van der Waals surface area contributed by atoms with E-state index >= 15 is 0 Å². The molecule has 1 aliphatic rings. The van der Waals surface area contributed by atoms with Crippen molar-refractivity contribution < 1.29 is 4.39 Å². The predicted octanol–water partition coefficient (Wildman–Crippen LogP) is 2.90. The first-order valence-electron chi connectivity index (χ1n) is 5.70. The number of hydrogen-bond donors (Lipinski definition) is 1. The lowest BCUT2D eigenvalue weighted by Gasteiger charge is -2.09. The van der Waals surface area contributed by atoms with E-state index in [1.54, 1.807) is 30.4 Å². The molecule has 0 saturated heterocycles. The fourth-order valence-electron chi connectivity index (χ4n) is 2.05. The van der Waals surface area contributed by atoms with Crippen molar-refractivity contribution in [1.29, 1.82) is 0 Å². The van der Waals surface area contributed by atoms with Crippen molar-refractivity contribution in [3.63, 3.8) is 0 Å². The zero-order valence-corrected chi connectivity index (χ0v) is 10.4. The van der Waals surface area contributed by atoms with Gasteiger partial charge in [0.25, 0.3) is 0 Å². The van der Waals surface area contributed by atoms with E-state index in [0.717, 1.165) is 30.2 Å². The minimum Gasteiger partial charge on any atom is -0.311 e. The highest BCUT2D eigenvalue weighted by Gasteiger charge is 2.17. The molecule has 2 heterocycles. The van der Waals surface area contributed by atoms with Crippen LogP contribution >= 0.6 is 11.3 Å². The quantitative estimate of drug-likeness (QED) is 0.839. The maximum absolute atomic E-state index is 14.0. The molecule has 2 nitrogen and oxygen atoms in total. The largest absolute Gasteiger partial charge is 0.311 e. The molecular formula is C13H13FN2S. The summed E-state index contributed by atoms with van der Waals surface area (Å²) in [6.45, 7) is 3.61. The number of thiazole rings is 1. The Balaban J connectivity index is 2.09. The van der Waals surface area contributed by atoms with Gasteiger partial charge >= 0.3 is 0 Å². The summed E-state index contributed by atoms with van der Waals surface area (Å²) >= 11 is 1.60. The van der Waals surface area contributed by atoms with Crippen LogP contribution < -0.4 is 5.32 Å². The molecular weight excluding hydrogens is 235 g/mol. The molecule has 0 fully saturated rings. The van der Waals surface area contributed by atoms with E-state index in [0.29, 0.717) is 11.1 Å². The molecule has 1 aromatic carbocycles. The molecule has 1 N–H and O–H groups in total. The number of nitrogens with zero attached hydrogens (tertiary/aromatic N) is 1. The molecule has 0 aliphatic carbocycles. The number of fused-ring (bicyclic) bond motifs is 1. The van der Waals surface area contributed by atoms with Gasteiger partial charge in [-0.15, -0.1) is 11.3 Å². The molecule has 0 saturated carbocycles. The highest BCUT2D eigenvalue weighted by atomic mass is 32.1. The fourth-order valence-corrected chi connectivity index (χ4v) is 3.15. The van der Waals surface area contributed by atoms with Crippen LogP contribution in [-0.4, -0.2) is 11.5 Å². The zero-order valence-electron chi connectivity index (χ0n) is 9.59. The van der Waals surface area contributed by atoms with Crippen LogP contribution in [-0.2, 0) is 13.0 Å². The zero-order chi connectivity index (χ0) is 11.8. The van der Waals surface area contributed by atoms with Crippen molar-refractivity contribution in [2.75, 3.05) is 6.54 Å². The van der Waals surface area contributed by atoms with Gasteiger partial charge in [0.2, 0.25) is 0 Å². The molecule has 88 valence electrons. The van der Waals surface area contributed by atoms with Crippen molar-refractivity contribution in [3.8, 4) is 10.6 Å². The number of aryl methyl sites for hydroxylation is 1. The summed E-state index contributed by atoms with van der Waals surface area (Å²) in [5.41, 5.74) is 2.43. The molecule has 3 rings (SSSR count). The molecule has 1 aliphatic heterocycles. The number of halogens is 1. The molecule has 17 heavy (non-hydrogen) atoms. The minimum absolute atomic E-state index is 0.147. The van der Waals surface area contributed by atoms with Crippen molar-refractivity contribution in [2.45, 2.75) is 19.9 Å². The Morgan fingerprint density at radius 1 is 1.41 bits per heavy atom. The lowest BCUT2D eigenvalue weighted by molar-refractivity contribution is 0.621. The standard InChI is InChI=1S/C13H13FN2S/c1-8-3-2-4-9(12(8)14)13-16-10-5-6-15-7-11(10)17-13/h2-4,15H,5-7H2,1H3. The average molecular weight is 248 g/mol. The van der Waals surface area contributed by atoms with Gasteiger partial charge in [-0.1, -0.05) is 12.1 Å². The van der Waals surface area contributed by atoms with Crippen LogP contribution in [0.25, 0.3) is 10.6 Å². The van der Waals surface area contributed by atoms with Crippen LogP contribution in [0.4, 0.5) is 4.39 Å². The smallest absolute Gasteiger partial charge is 0.136 e. The Morgan fingerprint density at radius 2 is 2.29 bits per heavy atom. The summed E-state index contributed by atoms with van der Waals surface area (Å²) in [4.78, 5) is 5.80. The number of benzene rings is 1. The number of rotatable bonds is 1. The molecule has 0 spiro atoms. The summed E-state index contributed by atoms with van der Waals surface area (Å²) in [7, 11) is 0. The summed E-state index contributed by atoms with van der Waals surface area (Å²) in [6.07, 6.45) is 0.944. The van der Waals surface area contributed by atoms with E-state index in [1.165, 1.54) is 4.88 Å². The maximum Gasteiger partial charge on any atom is 0.136 e. The molecule has 4 heteroatoms. The summed E-state index contributed by atoms with van der Waals surface area (Å²) < 4.78 is 14.0. The van der Waals surface area contributed by atoms with Gasteiger partial charge in [0.15, 0.2) is 0 Å². The molecule has 0 radical (unpaired) electrons. The summed E-state index contributed by atoms with van der Waals surface area (Å²) in [5, 5.41) is 4.11. The summed E-state index contributed by atoms with van der Waals surface area (Å²) in [5.74, 6) is -0.147. The van der Waals surface area contributed by atoms with Gasteiger partial charge in [0.05, 0.1) is 5.69 Å². The molecule has 1 aromatic heterocycles. The van der Waals surface area contributed by atoms with Gasteiger partial charge in [-0.05, 0) is 18.6 Å². The van der Waals surface area contributed by atoms with Crippen LogP contribution in [0.3, 0.4) is 0 Å². The lowest BCUT2D eigenvalue weighted by atomic mass is 10.1. The predicted molar refractivity (Wildman–Crippen MR) is 67.7 cm³/mol. The topological polar surface area (TPSA) is 24.9 Å². The van der Waals surface area contributed by atoms with E-state index in [4.69, 9.17) is 0 Å². The Labute approximate surface area is 104 Å². The second-order valence-corrected chi connectivity index (χ2v) is 5.34. The molecule has 0 unspecified atom stereocenters. The Morgan fingerprint density at radius 3 is 3.12 bits per heavy atom. The van der Waals surface area contributed by atoms with E-state index in [1.807, 2.05) is 6.07 Å². The molecule has 2 aromatic rings. The second-order valence-electron chi connectivity index (χ2n) is 4.25. The van der Waals surface area contributed by atoms with Crippen LogP contribution in [0, 0.1) is 12.7 Å². The molecule has 0 atom stereocenters. The minimum atomic E-state index is -0.147. The summed E-state index contributed by atoms with van der Waals surface area (Å²) in [6, 6.07) is 5.47. The van der Waals surface area contributed by atoms with E-state index < -0.39 is 0 Å². The number of nitrogens with one attached hydrogen (secondary N) is 1. The first kappa shape index (κ1) is 10.9. The lowest BCUT2D eigenvalue weighted by Crippen LogP contribution is -2.22. The van der Waals surface area contributed by atoms with Crippen LogP contribution in [0.5, 0.6) is 0 Å². The maximum atomic E-state index is 14.0. The van der Waals surface area contributed by atoms with E-state index in [-0.39, 0.29) is 5.82 Å². The number of hydrogen-bond acceptors (Lipinski definition) is 3. The first-order chi connectivity index (χ1) is 8.25.